The Labute approximate surface area is 139 Å². The summed E-state index contributed by atoms with van der Waals surface area (Å²) < 4.78 is 4.22. The summed E-state index contributed by atoms with van der Waals surface area (Å²) in [5.74, 6) is 0. The van der Waals surface area contributed by atoms with Crippen LogP contribution in [0.25, 0.3) is 0 Å². The molecule has 0 spiro atoms. The van der Waals surface area contributed by atoms with Gasteiger partial charge < -0.3 is 4.90 Å². The maximum Gasteiger partial charge on any atom is 0.243 e. The Morgan fingerprint density at radius 3 is 2.74 bits per heavy atom. The minimum Gasteiger partial charge on any atom is -0.371 e. The van der Waals surface area contributed by atoms with Gasteiger partial charge in [-0.05, 0) is 24.3 Å². The summed E-state index contributed by atoms with van der Waals surface area (Å²) >= 11 is 1.47. The van der Waals surface area contributed by atoms with E-state index in [9.17, 15) is 0 Å². The number of likely N-dealkylation sites (N-methyl/N-ethyl adjacent to an activating group) is 1. The van der Waals surface area contributed by atoms with Crippen LogP contribution in [-0.4, -0.2) is 23.1 Å². The van der Waals surface area contributed by atoms with Crippen LogP contribution in [0.3, 0.4) is 0 Å². The summed E-state index contributed by atoms with van der Waals surface area (Å²) in [7, 11) is 4.12. The molecule has 2 aromatic heterocycles. The second-order valence-corrected chi connectivity index (χ2v) is 6.14. The van der Waals surface area contributed by atoms with Crippen molar-refractivity contribution >= 4 is 27.8 Å². The highest BCUT2D eigenvalue weighted by Crippen LogP contribution is 2.22. The van der Waals surface area contributed by atoms with Crippen LogP contribution in [0.4, 0.5) is 16.5 Å². The number of azo groups is 1. The Morgan fingerprint density at radius 1 is 1.26 bits per heavy atom. The summed E-state index contributed by atoms with van der Waals surface area (Å²) in [5.41, 5.74) is 1.99. The number of imidazole rings is 1. The van der Waals surface area contributed by atoms with E-state index in [1.54, 1.807) is 6.20 Å². The van der Waals surface area contributed by atoms with Crippen LogP contribution in [0, 0.1) is 0 Å². The van der Waals surface area contributed by atoms with Gasteiger partial charge in [0, 0.05) is 24.3 Å². The molecule has 0 bridgehead atoms. The van der Waals surface area contributed by atoms with Gasteiger partial charge in [0.1, 0.15) is 18.9 Å². The van der Waals surface area contributed by atoms with Crippen molar-refractivity contribution in [2.45, 2.75) is 6.54 Å². The SMILES string of the molecule is CN(CCn1cc[n+](C)c1)c1ccc(N=Nc2nccs2)cc1. The van der Waals surface area contributed by atoms with E-state index < -0.39 is 0 Å². The van der Waals surface area contributed by atoms with Gasteiger partial charge in [0.2, 0.25) is 11.5 Å². The molecule has 2 heterocycles. The van der Waals surface area contributed by atoms with Crippen LogP contribution in [0.2, 0.25) is 0 Å². The number of thiazole rings is 1. The summed E-state index contributed by atoms with van der Waals surface area (Å²) in [4.78, 5) is 6.30. The first-order valence-corrected chi connectivity index (χ1v) is 8.22. The first kappa shape index (κ1) is 15.4. The topological polar surface area (TPSA) is 49.7 Å². The normalized spacial score (nSPS) is 11.2. The van der Waals surface area contributed by atoms with Crippen LogP contribution >= 0.6 is 11.3 Å². The average molecular weight is 327 g/mol. The van der Waals surface area contributed by atoms with Crippen molar-refractivity contribution < 1.29 is 4.57 Å². The summed E-state index contributed by atoms with van der Waals surface area (Å²) in [6.07, 6.45) is 7.93. The molecule has 0 fully saturated rings. The van der Waals surface area contributed by atoms with E-state index >= 15 is 0 Å². The molecular formula is C16H19N6S+. The quantitative estimate of drug-likeness (QED) is 0.515. The zero-order chi connectivity index (χ0) is 16.1. The first-order valence-electron chi connectivity index (χ1n) is 7.34. The third-order valence-electron chi connectivity index (χ3n) is 3.48. The third-order valence-corrected chi connectivity index (χ3v) is 4.13. The maximum atomic E-state index is 4.19. The molecule has 118 valence electrons. The monoisotopic (exact) mass is 327 g/mol. The largest absolute Gasteiger partial charge is 0.371 e. The van der Waals surface area contributed by atoms with E-state index in [0.717, 1.165) is 24.5 Å². The van der Waals surface area contributed by atoms with Crippen LogP contribution in [0.15, 0.2) is 64.8 Å². The molecule has 0 unspecified atom stereocenters. The van der Waals surface area contributed by atoms with Gasteiger partial charge in [0.25, 0.3) is 0 Å². The smallest absolute Gasteiger partial charge is 0.243 e. The molecule has 0 saturated carbocycles. The van der Waals surface area contributed by atoms with Gasteiger partial charge in [-0.1, -0.05) is 0 Å². The van der Waals surface area contributed by atoms with Gasteiger partial charge in [-0.25, -0.2) is 14.1 Å². The van der Waals surface area contributed by atoms with E-state index in [0.29, 0.717) is 5.13 Å². The summed E-state index contributed by atoms with van der Waals surface area (Å²) in [6, 6.07) is 8.06. The van der Waals surface area contributed by atoms with Crippen molar-refractivity contribution in [1.82, 2.24) is 9.55 Å². The second-order valence-electron chi connectivity index (χ2n) is 5.27. The highest BCUT2D eigenvalue weighted by molar-refractivity contribution is 7.13. The van der Waals surface area contributed by atoms with Crippen molar-refractivity contribution in [2.75, 3.05) is 18.5 Å². The molecule has 23 heavy (non-hydrogen) atoms. The number of hydrogen-bond donors (Lipinski definition) is 0. The summed E-state index contributed by atoms with van der Waals surface area (Å²) in [6.45, 7) is 1.89. The molecule has 0 saturated heterocycles. The zero-order valence-corrected chi connectivity index (χ0v) is 14.0. The van der Waals surface area contributed by atoms with E-state index in [1.807, 2.05) is 35.3 Å². The highest BCUT2D eigenvalue weighted by atomic mass is 32.1. The van der Waals surface area contributed by atoms with Crippen molar-refractivity contribution in [3.8, 4) is 0 Å². The molecule has 0 N–H and O–H groups in total. The Bertz CT molecular complexity index is 760. The van der Waals surface area contributed by atoms with Gasteiger partial charge >= 0.3 is 0 Å². The predicted molar refractivity (Wildman–Crippen MR) is 91.6 cm³/mol. The standard InChI is InChI=1S/C16H19N6S/c1-20-8-10-22(13-20)11-9-21(2)15-5-3-14(4-6-15)18-19-16-17-7-12-23-16/h3-8,10,12-13H,9,11H2,1-2H3/q+1. The van der Waals surface area contributed by atoms with E-state index in [1.165, 1.54) is 11.3 Å². The van der Waals surface area contributed by atoms with Crippen LogP contribution < -0.4 is 9.47 Å². The van der Waals surface area contributed by atoms with Crippen molar-refractivity contribution in [3.05, 3.63) is 54.6 Å². The fourth-order valence-electron chi connectivity index (χ4n) is 2.17. The molecule has 0 aliphatic carbocycles. The van der Waals surface area contributed by atoms with Crippen LogP contribution in [0.5, 0.6) is 0 Å². The average Bonchev–Trinajstić information content (AvgIpc) is 3.22. The lowest BCUT2D eigenvalue weighted by molar-refractivity contribution is -0.671. The van der Waals surface area contributed by atoms with Crippen molar-refractivity contribution in [3.63, 3.8) is 0 Å². The third kappa shape index (κ3) is 4.23. The summed E-state index contributed by atoms with van der Waals surface area (Å²) in [5, 5.41) is 10.9. The Balaban J connectivity index is 1.57. The van der Waals surface area contributed by atoms with E-state index in [-0.39, 0.29) is 0 Å². The molecule has 7 heteroatoms. The number of anilines is 1. The Kier molecular flexibility index (Phi) is 4.77. The lowest BCUT2D eigenvalue weighted by atomic mass is 10.2. The van der Waals surface area contributed by atoms with Crippen LogP contribution in [-0.2, 0) is 13.6 Å². The molecule has 0 aliphatic rings. The Hall–Kier alpha value is -2.54. The number of rotatable bonds is 6. The number of hydrogen-bond acceptors (Lipinski definition) is 5. The predicted octanol–water partition coefficient (Wildman–Crippen LogP) is 3.32. The molecule has 3 aromatic rings. The van der Waals surface area contributed by atoms with E-state index in [4.69, 9.17) is 0 Å². The fourth-order valence-corrected chi connectivity index (χ4v) is 2.62. The molecule has 6 nitrogen and oxygen atoms in total. The maximum absolute atomic E-state index is 4.19. The van der Waals surface area contributed by atoms with Gasteiger partial charge in [0.05, 0.1) is 19.3 Å². The molecule has 0 atom stereocenters. The number of benzene rings is 1. The lowest BCUT2D eigenvalue weighted by Crippen LogP contribution is -2.26. The van der Waals surface area contributed by atoms with Crippen molar-refractivity contribution in [1.29, 1.82) is 0 Å². The zero-order valence-electron chi connectivity index (χ0n) is 13.2. The highest BCUT2D eigenvalue weighted by Gasteiger charge is 2.04. The van der Waals surface area contributed by atoms with Gasteiger partial charge in [-0.15, -0.1) is 21.6 Å². The Morgan fingerprint density at radius 2 is 2.09 bits per heavy atom. The molecular weight excluding hydrogens is 308 g/mol. The van der Waals surface area contributed by atoms with Crippen molar-refractivity contribution in [2.24, 2.45) is 17.3 Å². The van der Waals surface area contributed by atoms with Crippen LogP contribution in [0.1, 0.15) is 0 Å². The second kappa shape index (κ2) is 7.15. The van der Waals surface area contributed by atoms with Gasteiger partial charge in [0.15, 0.2) is 0 Å². The van der Waals surface area contributed by atoms with Gasteiger partial charge in [-0.2, -0.15) is 0 Å². The minimum absolute atomic E-state index is 0.672. The molecule has 0 amide bonds. The molecule has 0 radical (unpaired) electrons. The number of nitrogens with zero attached hydrogens (tertiary/aromatic N) is 6. The molecule has 0 aliphatic heterocycles. The van der Waals surface area contributed by atoms with Gasteiger partial charge in [-0.3, -0.25) is 0 Å². The fraction of sp³-hybridized carbons (Fsp3) is 0.250. The molecule has 3 rings (SSSR count). The lowest BCUT2D eigenvalue weighted by Gasteiger charge is -2.18. The molecule has 1 aromatic carbocycles. The first-order chi connectivity index (χ1) is 11.2. The van der Waals surface area contributed by atoms with E-state index in [2.05, 4.69) is 56.4 Å². The number of aromatic nitrogens is 3. The number of aryl methyl sites for hydroxylation is 1. The minimum atomic E-state index is 0.672.